The third-order valence-corrected chi connectivity index (χ3v) is 1.11. The molecule has 62 valence electrons. The zero-order chi connectivity index (χ0) is 8.27. The van der Waals surface area contributed by atoms with E-state index in [1.165, 1.54) is 5.17 Å². The first-order chi connectivity index (χ1) is 5.18. The number of hydrazine groups is 1. The van der Waals surface area contributed by atoms with Gasteiger partial charge in [0.2, 0.25) is 0 Å². The fraction of sp³-hybridized carbons (Fsp3) is 0.750. The van der Waals surface area contributed by atoms with E-state index in [1.807, 2.05) is 0 Å². The van der Waals surface area contributed by atoms with E-state index in [2.05, 4.69) is 10.5 Å². The Morgan fingerprint density at radius 3 is 3.18 bits per heavy atom. The molecular weight excluding hydrogens is 152 g/mol. The molecule has 0 aromatic heterocycles. The molecule has 1 saturated heterocycles. The smallest absolute Gasteiger partial charge is 0.195 e. The van der Waals surface area contributed by atoms with Crippen molar-refractivity contribution in [1.29, 1.82) is 0 Å². The highest BCUT2D eigenvalue weighted by atomic mass is 16.7. The Bertz CT molecular complexity index is 192. The van der Waals surface area contributed by atoms with Gasteiger partial charge in [-0.05, 0) is 0 Å². The Kier molecular flexibility index (Phi) is 2.34. The van der Waals surface area contributed by atoms with Crippen LogP contribution in [0.15, 0.2) is 5.10 Å². The molecule has 0 aromatic rings. The quantitative estimate of drug-likeness (QED) is 0.407. The molecule has 0 spiro atoms. The minimum absolute atomic E-state index is 0.309. The molecule has 0 saturated carbocycles. The van der Waals surface area contributed by atoms with Crippen LogP contribution in [0.5, 0.6) is 0 Å². The van der Waals surface area contributed by atoms with Gasteiger partial charge in [0.25, 0.3) is 0 Å². The highest BCUT2D eigenvalue weighted by molar-refractivity contribution is 5.81. The van der Waals surface area contributed by atoms with E-state index in [-0.39, 0.29) is 0 Å². The van der Waals surface area contributed by atoms with Crippen molar-refractivity contribution < 1.29 is 9.87 Å². The van der Waals surface area contributed by atoms with Crippen molar-refractivity contribution >= 4 is 5.84 Å². The van der Waals surface area contributed by atoms with Gasteiger partial charge in [-0.3, -0.25) is 10.3 Å². The second kappa shape index (κ2) is 3.26. The van der Waals surface area contributed by atoms with Gasteiger partial charge >= 0.3 is 0 Å². The molecule has 7 heteroatoms. The first-order valence-corrected chi connectivity index (χ1v) is 3.03. The topological polar surface area (TPSA) is 80.0 Å². The van der Waals surface area contributed by atoms with Gasteiger partial charge in [0, 0.05) is 13.5 Å². The van der Waals surface area contributed by atoms with Gasteiger partial charge in [0.05, 0.1) is 11.7 Å². The van der Waals surface area contributed by atoms with Crippen LogP contribution in [0.2, 0.25) is 0 Å². The maximum Gasteiger partial charge on any atom is 0.195 e. The van der Waals surface area contributed by atoms with Crippen molar-refractivity contribution in [1.82, 2.24) is 10.6 Å². The summed E-state index contributed by atoms with van der Waals surface area (Å²) in [6.45, 7) is 0.413. The summed E-state index contributed by atoms with van der Waals surface area (Å²) in [4.78, 5) is 14.8. The highest BCUT2D eigenvalue weighted by Crippen LogP contribution is 1.95. The lowest BCUT2D eigenvalue weighted by Gasteiger charge is -2.22. The zero-order valence-electron chi connectivity index (χ0n) is 5.98. The number of hydrogen-bond donors (Lipinski definition) is 1. The SMILES string of the molecule is CN1N/C(=N\[N+](=O)[O-])CCO1. The third kappa shape index (κ3) is 2.48. The van der Waals surface area contributed by atoms with Gasteiger partial charge in [-0.25, -0.2) is 10.1 Å². The molecule has 1 rings (SSSR count). The average molecular weight is 160 g/mol. The fourth-order valence-electron chi connectivity index (χ4n) is 0.720. The van der Waals surface area contributed by atoms with Gasteiger partial charge < -0.3 is 0 Å². The molecule has 1 N–H and O–H groups in total. The number of hydrazone groups is 1. The van der Waals surface area contributed by atoms with Crippen molar-refractivity contribution in [3.05, 3.63) is 10.1 Å². The van der Waals surface area contributed by atoms with E-state index in [4.69, 9.17) is 4.84 Å². The van der Waals surface area contributed by atoms with E-state index in [0.717, 1.165) is 0 Å². The fourth-order valence-corrected chi connectivity index (χ4v) is 0.720. The van der Waals surface area contributed by atoms with Gasteiger partial charge in [-0.2, -0.15) is 0 Å². The Morgan fingerprint density at radius 2 is 2.64 bits per heavy atom. The molecule has 1 aliphatic heterocycles. The lowest BCUT2D eigenvalue weighted by atomic mass is 10.4. The predicted molar refractivity (Wildman–Crippen MR) is 35.9 cm³/mol. The van der Waals surface area contributed by atoms with Gasteiger partial charge in [-0.15, -0.1) is 5.17 Å². The van der Waals surface area contributed by atoms with Crippen LogP contribution in [0.4, 0.5) is 0 Å². The molecular formula is C4H8N4O3. The number of nitrogens with zero attached hydrogens (tertiary/aromatic N) is 3. The summed E-state index contributed by atoms with van der Waals surface area (Å²) in [7, 11) is 1.61. The van der Waals surface area contributed by atoms with Crippen molar-refractivity contribution in [3.63, 3.8) is 0 Å². The first kappa shape index (κ1) is 7.89. The Morgan fingerprint density at radius 1 is 1.91 bits per heavy atom. The van der Waals surface area contributed by atoms with E-state index in [0.29, 0.717) is 18.9 Å². The van der Waals surface area contributed by atoms with E-state index in [1.54, 1.807) is 7.05 Å². The molecule has 1 heterocycles. The lowest BCUT2D eigenvalue weighted by molar-refractivity contribution is -0.485. The number of hydroxylamine groups is 1. The molecule has 7 nitrogen and oxygen atoms in total. The van der Waals surface area contributed by atoms with Crippen molar-refractivity contribution in [3.8, 4) is 0 Å². The third-order valence-electron chi connectivity index (χ3n) is 1.11. The molecule has 0 atom stereocenters. The van der Waals surface area contributed by atoms with Gasteiger partial charge in [0.1, 0.15) is 0 Å². The summed E-state index contributed by atoms with van der Waals surface area (Å²) in [6.07, 6.45) is 0.436. The summed E-state index contributed by atoms with van der Waals surface area (Å²) >= 11 is 0. The molecule has 0 aliphatic carbocycles. The van der Waals surface area contributed by atoms with Gasteiger partial charge in [0.15, 0.2) is 10.9 Å². The monoisotopic (exact) mass is 160 g/mol. The number of rotatable bonds is 1. The Balaban J connectivity index is 2.52. The van der Waals surface area contributed by atoms with Crippen molar-refractivity contribution in [2.75, 3.05) is 13.7 Å². The molecule has 0 amide bonds. The molecule has 1 aliphatic rings. The molecule has 1 fully saturated rings. The second-order valence-electron chi connectivity index (χ2n) is 1.98. The van der Waals surface area contributed by atoms with Gasteiger partial charge in [-0.1, -0.05) is 0 Å². The normalized spacial score (nSPS) is 23.2. The van der Waals surface area contributed by atoms with Crippen LogP contribution in [0, 0.1) is 10.1 Å². The standard InChI is InChI=1S/C4H8N4O3/c1-7-5-4(2-3-11-7)6-8(9)10/h2-3H2,1H3,(H,5,6). The average Bonchev–Trinajstić information content (AvgIpc) is 1.85. The van der Waals surface area contributed by atoms with Crippen LogP contribution in [0.3, 0.4) is 0 Å². The summed E-state index contributed by atoms with van der Waals surface area (Å²) in [6, 6.07) is 0. The van der Waals surface area contributed by atoms with Crippen LogP contribution < -0.4 is 5.43 Å². The number of nitro groups is 1. The van der Waals surface area contributed by atoms with E-state index >= 15 is 0 Å². The summed E-state index contributed by atoms with van der Waals surface area (Å²) in [5.74, 6) is 0.309. The summed E-state index contributed by atoms with van der Waals surface area (Å²) in [5.41, 5.74) is 2.57. The maximum absolute atomic E-state index is 9.89. The first-order valence-electron chi connectivity index (χ1n) is 3.03. The second-order valence-corrected chi connectivity index (χ2v) is 1.98. The Hall–Kier alpha value is -1.21. The summed E-state index contributed by atoms with van der Waals surface area (Å²) < 4.78 is 0. The highest BCUT2D eigenvalue weighted by Gasteiger charge is 2.13. The molecule has 0 unspecified atom stereocenters. The molecule has 0 radical (unpaired) electrons. The largest absolute Gasteiger partial charge is 0.279 e. The number of hydrogen-bond acceptors (Lipinski definition) is 4. The molecule has 0 aromatic carbocycles. The van der Waals surface area contributed by atoms with E-state index in [9.17, 15) is 10.1 Å². The Labute approximate surface area is 62.7 Å². The number of nitrogens with one attached hydrogen (secondary N) is 1. The lowest BCUT2D eigenvalue weighted by Crippen LogP contribution is -2.44. The van der Waals surface area contributed by atoms with Crippen LogP contribution in [0.25, 0.3) is 0 Å². The zero-order valence-corrected chi connectivity index (χ0v) is 5.98. The molecule has 11 heavy (non-hydrogen) atoms. The van der Waals surface area contributed by atoms with Crippen LogP contribution in [-0.2, 0) is 4.84 Å². The number of amidine groups is 1. The van der Waals surface area contributed by atoms with Crippen LogP contribution in [-0.4, -0.2) is 29.7 Å². The minimum Gasteiger partial charge on any atom is -0.279 e. The van der Waals surface area contributed by atoms with Crippen molar-refractivity contribution in [2.24, 2.45) is 5.10 Å². The van der Waals surface area contributed by atoms with Crippen LogP contribution >= 0.6 is 0 Å². The maximum atomic E-state index is 9.89. The summed E-state index contributed by atoms with van der Waals surface area (Å²) in [5, 5.41) is 13.5. The van der Waals surface area contributed by atoms with Crippen LogP contribution in [0.1, 0.15) is 6.42 Å². The predicted octanol–water partition coefficient (Wildman–Crippen LogP) is -0.652. The van der Waals surface area contributed by atoms with Crippen molar-refractivity contribution in [2.45, 2.75) is 6.42 Å². The minimum atomic E-state index is -0.735. The van der Waals surface area contributed by atoms with E-state index < -0.39 is 5.03 Å². The molecule has 0 bridgehead atoms.